The molecule has 0 bridgehead atoms. The summed E-state index contributed by atoms with van der Waals surface area (Å²) in [4.78, 5) is 31.6. The van der Waals surface area contributed by atoms with E-state index in [2.05, 4.69) is 4.89 Å². The van der Waals surface area contributed by atoms with Gasteiger partial charge in [0, 0.05) is 12.3 Å². The van der Waals surface area contributed by atoms with E-state index in [9.17, 15) is 9.59 Å². The SMILES string of the molecule is CCCCOOC=CC(=O)OCCOC(C)(OC(=O)O)C(C)(C)C. The molecule has 140 valence electrons. The molecule has 0 radical (unpaired) electrons. The van der Waals surface area contributed by atoms with Gasteiger partial charge in [-0.15, -0.1) is 0 Å². The molecule has 0 amide bonds. The molecule has 1 atom stereocenters. The van der Waals surface area contributed by atoms with Crippen LogP contribution in [0.5, 0.6) is 0 Å². The lowest BCUT2D eigenvalue weighted by molar-refractivity contribution is -0.256. The van der Waals surface area contributed by atoms with Gasteiger partial charge in [0.15, 0.2) is 0 Å². The minimum absolute atomic E-state index is 0.0194. The molecule has 0 fully saturated rings. The molecule has 0 aliphatic carbocycles. The predicted molar refractivity (Wildman–Crippen MR) is 85.0 cm³/mol. The van der Waals surface area contributed by atoms with Gasteiger partial charge in [0.05, 0.1) is 19.3 Å². The zero-order valence-electron chi connectivity index (χ0n) is 15.0. The maximum absolute atomic E-state index is 11.4. The Morgan fingerprint density at radius 1 is 1.08 bits per heavy atom. The minimum Gasteiger partial charge on any atom is -0.460 e. The first-order chi connectivity index (χ1) is 11.1. The number of hydrogen-bond donors (Lipinski definition) is 1. The third kappa shape index (κ3) is 9.36. The maximum Gasteiger partial charge on any atom is 0.508 e. The minimum atomic E-state index is -1.44. The number of hydrogen-bond acceptors (Lipinski definition) is 7. The fraction of sp³-hybridized carbons (Fsp3) is 0.750. The van der Waals surface area contributed by atoms with Crippen LogP contribution in [0.25, 0.3) is 0 Å². The average Bonchev–Trinajstić information content (AvgIpc) is 2.45. The van der Waals surface area contributed by atoms with Gasteiger partial charge in [-0.25, -0.2) is 9.59 Å². The second-order valence-corrected chi connectivity index (χ2v) is 6.15. The Labute approximate surface area is 142 Å². The highest BCUT2D eigenvalue weighted by Crippen LogP contribution is 2.34. The van der Waals surface area contributed by atoms with E-state index in [4.69, 9.17) is 24.2 Å². The summed E-state index contributed by atoms with van der Waals surface area (Å²) in [6, 6.07) is 0. The van der Waals surface area contributed by atoms with Crippen LogP contribution in [-0.2, 0) is 28.8 Å². The topological polar surface area (TPSA) is 101 Å². The molecule has 0 aromatic rings. The summed E-state index contributed by atoms with van der Waals surface area (Å²) in [5.41, 5.74) is -0.598. The first-order valence-corrected chi connectivity index (χ1v) is 7.80. The molecule has 0 spiro atoms. The molecule has 8 nitrogen and oxygen atoms in total. The normalized spacial score (nSPS) is 14.2. The summed E-state index contributed by atoms with van der Waals surface area (Å²) in [5.74, 6) is -1.99. The quantitative estimate of drug-likeness (QED) is 0.115. The van der Waals surface area contributed by atoms with Crippen LogP contribution in [-0.4, -0.2) is 42.8 Å². The van der Waals surface area contributed by atoms with Gasteiger partial charge in [0.2, 0.25) is 5.79 Å². The van der Waals surface area contributed by atoms with Gasteiger partial charge in [-0.05, 0) is 6.42 Å². The van der Waals surface area contributed by atoms with E-state index in [-0.39, 0.29) is 13.2 Å². The van der Waals surface area contributed by atoms with Crippen LogP contribution in [0.3, 0.4) is 0 Å². The van der Waals surface area contributed by atoms with Crippen molar-refractivity contribution in [3.63, 3.8) is 0 Å². The highest BCUT2D eigenvalue weighted by Gasteiger charge is 2.42. The van der Waals surface area contributed by atoms with Crippen LogP contribution in [0, 0.1) is 5.41 Å². The summed E-state index contributed by atoms with van der Waals surface area (Å²) in [6.45, 7) is 9.23. The van der Waals surface area contributed by atoms with Gasteiger partial charge < -0.3 is 24.2 Å². The zero-order valence-corrected chi connectivity index (χ0v) is 15.0. The van der Waals surface area contributed by atoms with E-state index >= 15 is 0 Å². The van der Waals surface area contributed by atoms with E-state index in [1.165, 1.54) is 6.92 Å². The summed E-state index contributed by atoms with van der Waals surface area (Å²) in [5, 5.41) is 8.81. The highest BCUT2D eigenvalue weighted by molar-refractivity contribution is 5.81. The van der Waals surface area contributed by atoms with Gasteiger partial charge in [0.25, 0.3) is 0 Å². The summed E-state index contributed by atoms with van der Waals surface area (Å²) >= 11 is 0. The molecular formula is C16H28O8. The average molecular weight is 348 g/mol. The monoisotopic (exact) mass is 348 g/mol. The first-order valence-electron chi connectivity index (χ1n) is 7.80. The maximum atomic E-state index is 11.4. The Kier molecular flexibility index (Phi) is 10.1. The zero-order chi connectivity index (χ0) is 18.6. The van der Waals surface area contributed by atoms with Crippen LogP contribution in [0.2, 0.25) is 0 Å². The molecule has 0 aromatic carbocycles. The molecule has 0 aliphatic heterocycles. The molecule has 0 saturated heterocycles. The van der Waals surface area contributed by atoms with Gasteiger partial charge in [-0.3, -0.25) is 0 Å². The van der Waals surface area contributed by atoms with Crippen molar-refractivity contribution in [2.75, 3.05) is 19.8 Å². The van der Waals surface area contributed by atoms with Gasteiger partial charge in [-0.2, -0.15) is 4.89 Å². The number of unbranched alkanes of at least 4 members (excludes halogenated alkanes) is 1. The van der Waals surface area contributed by atoms with E-state index in [0.717, 1.165) is 25.2 Å². The number of esters is 1. The van der Waals surface area contributed by atoms with Crippen LogP contribution in [0.15, 0.2) is 12.3 Å². The molecule has 0 heterocycles. The van der Waals surface area contributed by atoms with Crippen molar-refractivity contribution >= 4 is 12.1 Å². The summed E-state index contributed by atoms with van der Waals surface area (Å²) in [6.07, 6.45) is 2.57. The molecule has 0 aliphatic rings. The van der Waals surface area contributed by atoms with Gasteiger partial charge in [0.1, 0.15) is 12.9 Å². The van der Waals surface area contributed by atoms with E-state index in [0.29, 0.717) is 6.61 Å². The third-order valence-corrected chi connectivity index (χ3v) is 3.26. The standard InChI is InChI=1S/C16H28O8/c1-6-7-9-22-23-10-8-13(17)20-11-12-21-16(5,15(2,3)4)24-14(18)19/h8,10H,6-7,9,11-12H2,1-5H3,(H,18,19). The summed E-state index contributed by atoms with van der Waals surface area (Å²) < 4.78 is 15.2. The van der Waals surface area contributed by atoms with Gasteiger partial charge >= 0.3 is 12.1 Å². The highest BCUT2D eigenvalue weighted by atomic mass is 17.2. The van der Waals surface area contributed by atoms with Crippen molar-refractivity contribution in [3.05, 3.63) is 12.3 Å². The smallest absolute Gasteiger partial charge is 0.460 e. The Morgan fingerprint density at radius 3 is 2.29 bits per heavy atom. The van der Waals surface area contributed by atoms with Crippen molar-refractivity contribution < 1.29 is 38.7 Å². The molecule has 0 aromatic heterocycles. The van der Waals surface area contributed by atoms with Crippen LogP contribution in [0.1, 0.15) is 47.5 Å². The number of carboxylic acid groups (broad SMARTS) is 1. The number of carbonyl (C=O) groups is 2. The number of ether oxygens (including phenoxy) is 3. The fourth-order valence-electron chi connectivity index (χ4n) is 1.37. The number of carbonyl (C=O) groups excluding carboxylic acids is 1. The van der Waals surface area contributed by atoms with E-state index in [1.54, 1.807) is 20.8 Å². The van der Waals surface area contributed by atoms with Crippen molar-refractivity contribution in [2.45, 2.75) is 53.2 Å². The lowest BCUT2D eigenvalue weighted by Crippen LogP contribution is -2.47. The summed E-state index contributed by atoms with van der Waals surface area (Å²) in [7, 11) is 0. The van der Waals surface area contributed by atoms with Crippen molar-refractivity contribution in [1.29, 1.82) is 0 Å². The lowest BCUT2D eigenvalue weighted by Gasteiger charge is -2.39. The van der Waals surface area contributed by atoms with Gasteiger partial charge in [-0.1, -0.05) is 34.1 Å². The second-order valence-electron chi connectivity index (χ2n) is 6.15. The molecule has 0 saturated carbocycles. The Morgan fingerprint density at radius 2 is 1.75 bits per heavy atom. The Balaban J connectivity index is 4.10. The molecule has 1 unspecified atom stereocenters. The second kappa shape index (κ2) is 10.9. The Hall–Kier alpha value is -1.80. The van der Waals surface area contributed by atoms with Crippen molar-refractivity contribution in [1.82, 2.24) is 0 Å². The fourth-order valence-corrected chi connectivity index (χ4v) is 1.37. The van der Waals surface area contributed by atoms with Crippen LogP contribution < -0.4 is 0 Å². The van der Waals surface area contributed by atoms with Crippen molar-refractivity contribution in [3.8, 4) is 0 Å². The molecule has 8 heteroatoms. The molecular weight excluding hydrogens is 320 g/mol. The van der Waals surface area contributed by atoms with Crippen LogP contribution in [0.4, 0.5) is 4.79 Å². The Bertz CT molecular complexity index is 413. The molecule has 24 heavy (non-hydrogen) atoms. The molecule has 0 rings (SSSR count). The predicted octanol–water partition coefficient (Wildman–Crippen LogP) is 3.27. The van der Waals surface area contributed by atoms with E-state index in [1.807, 2.05) is 6.92 Å². The van der Waals surface area contributed by atoms with Crippen LogP contribution >= 0.6 is 0 Å². The van der Waals surface area contributed by atoms with E-state index < -0.39 is 23.3 Å². The third-order valence-electron chi connectivity index (χ3n) is 3.26. The number of rotatable bonds is 11. The molecule has 1 N–H and O–H groups in total. The first kappa shape index (κ1) is 22.2. The lowest BCUT2D eigenvalue weighted by atomic mass is 9.86. The van der Waals surface area contributed by atoms with Crippen molar-refractivity contribution in [2.24, 2.45) is 5.41 Å². The largest absolute Gasteiger partial charge is 0.508 e.